The number of hydrogen-bond donors (Lipinski definition) is 0. The first-order valence-corrected chi connectivity index (χ1v) is 12.5. The van der Waals surface area contributed by atoms with Crippen molar-refractivity contribution in [3.8, 4) is 11.8 Å². The standard InChI is InChI=1S/C26H31F5.C2H6/c1-18-6-8-19(9-7-18)4-2-3-5-20-10-12-21(13-11-20)22-16-24(27)23(25(28)17-22)14-15-26(29,30)31;1-2/h3,5,16-21H,2,4,6-13H2,1H3;1-2H3. The molecular formula is C28H37F5. The van der Waals surface area contributed by atoms with Crippen LogP contribution in [0.25, 0.3) is 0 Å². The molecule has 0 amide bonds. The Morgan fingerprint density at radius 1 is 0.909 bits per heavy atom. The molecule has 0 unspecified atom stereocenters. The normalized spacial score (nSPS) is 25.7. The molecule has 2 saturated carbocycles. The fraction of sp³-hybridized carbons (Fsp3) is 0.643. The van der Waals surface area contributed by atoms with Crippen molar-refractivity contribution in [2.45, 2.75) is 97.1 Å². The molecule has 5 heteroatoms. The molecule has 0 heterocycles. The van der Waals surface area contributed by atoms with Gasteiger partial charge in [0.1, 0.15) is 11.6 Å². The van der Waals surface area contributed by atoms with Crippen molar-refractivity contribution in [2.24, 2.45) is 17.8 Å². The fourth-order valence-corrected chi connectivity index (χ4v) is 4.96. The minimum Gasteiger partial charge on any atom is -0.206 e. The van der Waals surface area contributed by atoms with E-state index in [4.69, 9.17) is 0 Å². The average molecular weight is 469 g/mol. The molecule has 0 nitrogen and oxygen atoms in total. The topological polar surface area (TPSA) is 0 Å². The minimum absolute atomic E-state index is 0.0301. The van der Waals surface area contributed by atoms with Crippen LogP contribution in [0.4, 0.5) is 22.0 Å². The van der Waals surface area contributed by atoms with Gasteiger partial charge >= 0.3 is 6.18 Å². The van der Waals surface area contributed by atoms with E-state index in [2.05, 4.69) is 19.1 Å². The molecule has 0 spiro atoms. The van der Waals surface area contributed by atoms with Crippen molar-refractivity contribution >= 4 is 0 Å². The maximum atomic E-state index is 14.2. The molecule has 0 N–H and O–H groups in total. The lowest BCUT2D eigenvalue weighted by Gasteiger charge is -2.27. The Morgan fingerprint density at radius 3 is 2.03 bits per heavy atom. The van der Waals surface area contributed by atoms with Gasteiger partial charge in [-0.2, -0.15) is 13.2 Å². The van der Waals surface area contributed by atoms with E-state index in [1.54, 1.807) is 5.92 Å². The largest absolute Gasteiger partial charge is 0.458 e. The first-order chi connectivity index (χ1) is 15.7. The van der Waals surface area contributed by atoms with Gasteiger partial charge in [-0.25, -0.2) is 8.78 Å². The average Bonchev–Trinajstić information content (AvgIpc) is 2.78. The SMILES string of the molecule is CC.CC1CCC(CCC=CC2CCC(c3cc(F)c(C#CC(F)(F)F)c(F)c3)CC2)CC1. The van der Waals surface area contributed by atoms with Gasteiger partial charge in [0.25, 0.3) is 0 Å². The van der Waals surface area contributed by atoms with Crippen LogP contribution in [0.1, 0.15) is 102 Å². The second kappa shape index (κ2) is 13.2. The molecule has 1 aromatic rings. The van der Waals surface area contributed by atoms with E-state index in [0.29, 0.717) is 11.5 Å². The highest BCUT2D eigenvalue weighted by molar-refractivity contribution is 5.40. The van der Waals surface area contributed by atoms with Crippen molar-refractivity contribution in [1.29, 1.82) is 0 Å². The van der Waals surface area contributed by atoms with Gasteiger partial charge in [0, 0.05) is 5.92 Å². The molecule has 0 aromatic heterocycles. The van der Waals surface area contributed by atoms with E-state index in [1.165, 1.54) is 32.1 Å². The van der Waals surface area contributed by atoms with Gasteiger partial charge in [-0.3, -0.25) is 0 Å². The van der Waals surface area contributed by atoms with Crippen molar-refractivity contribution in [3.05, 3.63) is 47.0 Å². The van der Waals surface area contributed by atoms with E-state index in [-0.39, 0.29) is 5.92 Å². The Bertz CT molecular complexity index is 788. The lowest BCUT2D eigenvalue weighted by Crippen LogP contribution is -2.13. The van der Waals surface area contributed by atoms with E-state index in [0.717, 1.165) is 62.0 Å². The zero-order valence-corrected chi connectivity index (χ0v) is 20.1. The summed E-state index contributed by atoms with van der Waals surface area (Å²) in [7, 11) is 0. The van der Waals surface area contributed by atoms with Crippen LogP contribution in [-0.4, -0.2) is 6.18 Å². The van der Waals surface area contributed by atoms with Gasteiger partial charge in [-0.05, 0) is 79.9 Å². The zero-order chi connectivity index (χ0) is 24.4. The summed E-state index contributed by atoms with van der Waals surface area (Å²) in [5.41, 5.74) is -0.299. The lowest BCUT2D eigenvalue weighted by molar-refractivity contribution is -0.0696. The van der Waals surface area contributed by atoms with E-state index < -0.39 is 23.4 Å². The van der Waals surface area contributed by atoms with Crippen LogP contribution < -0.4 is 0 Å². The molecule has 0 bridgehead atoms. The molecule has 0 aliphatic heterocycles. The molecule has 2 aliphatic carbocycles. The number of alkyl halides is 3. The van der Waals surface area contributed by atoms with E-state index >= 15 is 0 Å². The Kier molecular flexibility index (Phi) is 10.9. The number of rotatable bonds is 5. The maximum absolute atomic E-state index is 14.2. The van der Waals surface area contributed by atoms with E-state index in [9.17, 15) is 22.0 Å². The quantitative estimate of drug-likeness (QED) is 0.229. The van der Waals surface area contributed by atoms with Gasteiger partial charge in [0.15, 0.2) is 0 Å². The van der Waals surface area contributed by atoms with Crippen molar-refractivity contribution in [1.82, 2.24) is 0 Å². The zero-order valence-electron chi connectivity index (χ0n) is 20.1. The Hall–Kier alpha value is -1.83. The third kappa shape index (κ3) is 9.14. The van der Waals surface area contributed by atoms with Gasteiger partial charge < -0.3 is 0 Å². The summed E-state index contributed by atoms with van der Waals surface area (Å²) in [6, 6.07) is 2.30. The highest BCUT2D eigenvalue weighted by atomic mass is 19.4. The molecule has 0 radical (unpaired) electrons. The number of hydrogen-bond acceptors (Lipinski definition) is 0. The van der Waals surface area contributed by atoms with Gasteiger partial charge in [0.05, 0.1) is 5.56 Å². The second-order valence-corrected chi connectivity index (χ2v) is 9.35. The Labute approximate surface area is 196 Å². The fourth-order valence-electron chi connectivity index (χ4n) is 4.96. The molecular weight excluding hydrogens is 431 g/mol. The number of benzene rings is 1. The summed E-state index contributed by atoms with van der Waals surface area (Å²) in [6.07, 6.45) is 11.2. The summed E-state index contributed by atoms with van der Waals surface area (Å²) < 4.78 is 65.0. The first kappa shape index (κ1) is 27.4. The Morgan fingerprint density at radius 2 is 1.48 bits per heavy atom. The summed E-state index contributed by atoms with van der Waals surface area (Å²) in [5, 5.41) is 0. The predicted octanol–water partition coefficient (Wildman–Crippen LogP) is 9.34. The van der Waals surface area contributed by atoms with Crippen LogP contribution in [-0.2, 0) is 0 Å². The highest BCUT2D eigenvalue weighted by Crippen LogP contribution is 2.37. The smallest absolute Gasteiger partial charge is 0.206 e. The molecule has 3 rings (SSSR count). The molecule has 1 aromatic carbocycles. The number of halogens is 5. The van der Waals surface area contributed by atoms with Crippen LogP contribution >= 0.6 is 0 Å². The molecule has 2 fully saturated rings. The van der Waals surface area contributed by atoms with Gasteiger partial charge in [-0.15, -0.1) is 0 Å². The molecule has 0 saturated heterocycles. The molecule has 0 atom stereocenters. The summed E-state index contributed by atoms with van der Waals surface area (Å²) in [5.74, 6) is 2.74. The van der Waals surface area contributed by atoms with Gasteiger partial charge in [-0.1, -0.05) is 64.5 Å². The summed E-state index contributed by atoms with van der Waals surface area (Å²) >= 11 is 0. The summed E-state index contributed by atoms with van der Waals surface area (Å²) in [6.45, 7) is 6.34. The third-order valence-electron chi connectivity index (χ3n) is 6.92. The van der Waals surface area contributed by atoms with Crippen molar-refractivity contribution < 1.29 is 22.0 Å². The lowest BCUT2D eigenvalue weighted by atomic mass is 9.78. The van der Waals surface area contributed by atoms with Crippen molar-refractivity contribution in [2.75, 3.05) is 0 Å². The van der Waals surface area contributed by atoms with Crippen LogP contribution in [0.2, 0.25) is 0 Å². The van der Waals surface area contributed by atoms with Crippen molar-refractivity contribution in [3.63, 3.8) is 0 Å². The first-order valence-electron chi connectivity index (χ1n) is 12.5. The van der Waals surface area contributed by atoms with Crippen LogP contribution in [0.15, 0.2) is 24.3 Å². The molecule has 33 heavy (non-hydrogen) atoms. The van der Waals surface area contributed by atoms with E-state index in [1.807, 2.05) is 13.8 Å². The molecule has 2 aliphatic rings. The maximum Gasteiger partial charge on any atom is 0.458 e. The van der Waals surface area contributed by atoms with Crippen LogP contribution in [0, 0.1) is 41.2 Å². The molecule has 184 valence electrons. The minimum atomic E-state index is -4.78. The third-order valence-corrected chi connectivity index (χ3v) is 6.92. The van der Waals surface area contributed by atoms with Crippen LogP contribution in [0.3, 0.4) is 0 Å². The monoisotopic (exact) mass is 468 g/mol. The second-order valence-electron chi connectivity index (χ2n) is 9.35. The van der Waals surface area contributed by atoms with Gasteiger partial charge in [0.2, 0.25) is 0 Å². The summed E-state index contributed by atoms with van der Waals surface area (Å²) in [4.78, 5) is 0. The van der Waals surface area contributed by atoms with Crippen LogP contribution in [0.5, 0.6) is 0 Å². The highest BCUT2D eigenvalue weighted by Gasteiger charge is 2.25. The Balaban J connectivity index is 0.00000187. The predicted molar refractivity (Wildman–Crippen MR) is 125 cm³/mol. The number of allylic oxidation sites excluding steroid dienone is 2.